The lowest BCUT2D eigenvalue weighted by Gasteiger charge is -2.11. The van der Waals surface area contributed by atoms with Crippen LogP contribution in [-0.4, -0.2) is 26.0 Å². The van der Waals surface area contributed by atoms with E-state index in [0.29, 0.717) is 16.9 Å². The van der Waals surface area contributed by atoms with Gasteiger partial charge in [0.05, 0.1) is 14.2 Å². The van der Waals surface area contributed by atoms with Crippen molar-refractivity contribution < 1.29 is 19.1 Å². The topological polar surface area (TPSA) is 52.6 Å². The first-order valence-corrected chi connectivity index (χ1v) is 4.83. The van der Waals surface area contributed by atoms with Crippen LogP contribution in [0.1, 0.15) is 22.8 Å². The van der Waals surface area contributed by atoms with Gasteiger partial charge in [-0.15, -0.1) is 0 Å². The number of rotatable bonds is 4. The average Bonchev–Trinajstić information content (AvgIpc) is 2.27. The zero-order valence-corrected chi connectivity index (χ0v) is 9.57. The summed E-state index contributed by atoms with van der Waals surface area (Å²) in [5.41, 5.74) is 1.03. The second-order valence-corrected chi connectivity index (χ2v) is 3.37. The number of ketones is 1. The molecule has 0 atom stereocenters. The first kappa shape index (κ1) is 12.2. The van der Waals surface area contributed by atoms with Crippen molar-refractivity contribution in [1.82, 2.24) is 0 Å². The summed E-state index contributed by atoms with van der Waals surface area (Å²) in [4.78, 5) is 22.5. The van der Waals surface area contributed by atoms with Gasteiger partial charge in [0.25, 0.3) is 0 Å². The van der Waals surface area contributed by atoms with Crippen LogP contribution in [0.4, 0.5) is 0 Å². The number of hydrogen-bond acceptors (Lipinski definition) is 4. The van der Waals surface area contributed by atoms with E-state index < -0.39 is 5.97 Å². The van der Waals surface area contributed by atoms with E-state index in [1.54, 1.807) is 18.2 Å². The van der Waals surface area contributed by atoms with Crippen molar-refractivity contribution in [3.8, 4) is 5.75 Å². The highest BCUT2D eigenvalue weighted by Crippen LogP contribution is 2.25. The van der Waals surface area contributed by atoms with Gasteiger partial charge >= 0.3 is 5.97 Å². The molecule has 86 valence electrons. The SMILES string of the molecule is COC(=O)c1cccc(CC(C)=O)c1OC. The van der Waals surface area contributed by atoms with Gasteiger partial charge in [0, 0.05) is 12.0 Å². The first-order valence-electron chi connectivity index (χ1n) is 4.83. The molecule has 0 saturated heterocycles. The molecule has 4 nitrogen and oxygen atoms in total. The molecule has 0 aliphatic heterocycles. The summed E-state index contributed by atoms with van der Waals surface area (Å²) in [7, 11) is 2.77. The molecule has 16 heavy (non-hydrogen) atoms. The number of methoxy groups -OCH3 is 2. The Balaban J connectivity index is 3.20. The Morgan fingerprint density at radius 2 is 1.94 bits per heavy atom. The number of esters is 1. The van der Waals surface area contributed by atoms with Crippen LogP contribution in [0.25, 0.3) is 0 Å². The first-order chi connectivity index (χ1) is 7.60. The predicted octanol–water partition coefficient (Wildman–Crippen LogP) is 1.61. The average molecular weight is 222 g/mol. The maximum absolute atomic E-state index is 11.4. The molecule has 1 rings (SSSR count). The zero-order valence-electron chi connectivity index (χ0n) is 9.57. The molecule has 0 fully saturated rings. The minimum absolute atomic E-state index is 0.0142. The summed E-state index contributed by atoms with van der Waals surface area (Å²) in [5, 5.41) is 0. The lowest BCUT2D eigenvalue weighted by molar-refractivity contribution is -0.116. The molecule has 4 heteroatoms. The van der Waals surface area contributed by atoms with Crippen LogP contribution < -0.4 is 4.74 Å². The van der Waals surface area contributed by atoms with E-state index in [4.69, 9.17) is 4.74 Å². The van der Waals surface area contributed by atoms with E-state index in [1.807, 2.05) is 0 Å². The minimum atomic E-state index is -0.470. The van der Waals surface area contributed by atoms with Gasteiger partial charge in [-0.2, -0.15) is 0 Å². The maximum Gasteiger partial charge on any atom is 0.341 e. The van der Waals surface area contributed by atoms with Gasteiger partial charge in [-0.05, 0) is 13.0 Å². The molecule has 0 saturated carbocycles. The van der Waals surface area contributed by atoms with Crippen LogP contribution in [0.2, 0.25) is 0 Å². The van der Waals surface area contributed by atoms with Gasteiger partial charge in [0.1, 0.15) is 17.1 Å². The third kappa shape index (κ3) is 2.59. The van der Waals surface area contributed by atoms with Crippen molar-refractivity contribution in [3.05, 3.63) is 29.3 Å². The zero-order chi connectivity index (χ0) is 12.1. The van der Waals surface area contributed by atoms with Crippen LogP contribution in [0.3, 0.4) is 0 Å². The standard InChI is InChI=1S/C12H14O4/c1-8(13)7-9-5-4-6-10(11(9)15-2)12(14)16-3/h4-6H,7H2,1-3H3. The quantitative estimate of drug-likeness (QED) is 0.726. The second-order valence-electron chi connectivity index (χ2n) is 3.37. The van der Waals surface area contributed by atoms with Crippen molar-refractivity contribution in [1.29, 1.82) is 0 Å². The lowest BCUT2D eigenvalue weighted by atomic mass is 10.0. The maximum atomic E-state index is 11.4. The molecule has 1 aromatic rings. The molecule has 0 aliphatic carbocycles. The fourth-order valence-electron chi connectivity index (χ4n) is 1.50. The summed E-state index contributed by atoms with van der Waals surface area (Å²) in [5.74, 6) is -0.0490. The summed E-state index contributed by atoms with van der Waals surface area (Å²) in [6.07, 6.45) is 0.244. The van der Waals surface area contributed by atoms with Crippen LogP contribution in [0, 0.1) is 0 Å². The fourth-order valence-corrected chi connectivity index (χ4v) is 1.50. The second kappa shape index (κ2) is 5.30. The Labute approximate surface area is 94.2 Å². The molecular formula is C12H14O4. The molecule has 0 unspecified atom stereocenters. The van der Waals surface area contributed by atoms with E-state index in [1.165, 1.54) is 21.1 Å². The van der Waals surface area contributed by atoms with Crippen LogP contribution >= 0.6 is 0 Å². The van der Waals surface area contributed by atoms with Crippen LogP contribution in [-0.2, 0) is 16.0 Å². The Morgan fingerprint density at radius 1 is 1.25 bits per heavy atom. The van der Waals surface area contributed by atoms with Crippen molar-refractivity contribution in [2.45, 2.75) is 13.3 Å². The minimum Gasteiger partial charge on any atom is -0.496 e. The van der Waals surface area contributed by atoms with Crippen LogP contribution in [0.5, 0.6) is 5.75 Å². The van der Waals surface area contributed by atoms with Crippen LogP contribution in [0.15, 0.2) is 18.2 Å². The Bertz CT molecular complexity index is 409. The molecule has 0 heterocycles. The molecule has 0 radical (unpaired) electrons. The van der Waals surface area contributed by atoms with E-state index in [0.717, 1.165) is 0 Å². The van der Waals surface area contributed by atoms with Gasteiger partial charge in [0.15, 0.2) is 0 Å². The van der Waals surface area contributed by atoms with Gasteiger partial charge in [-0.25, -0.2) is 4.79 Å². The number of Topliss-reactive ketones (excluding diaryl/α,β-unsaturated/α-hetero) is 1. The number of benzene rings is 1. The largest absolute Gasteiger partial charge is 0.496 e. The van der Waals surface area contributed by atoms with Gasteiger partial charge < -0.3 is 9.47 Å². The number of hydrogen-bond donors (Lipinski definition) is 0. The van der Waals surface area contributed by atoms with Crippen molar-refractivity contribution in [2.24, 2.45) is 0 Å². The van der Waals surface area contributed by atoms with Crippen molar-refractivity contribution in [2.75, 3.05) is 14.2 Å². The molecule has 0 amide bonds. The smallest absolute Gasteiger partial charge is 0.341 e. The molecular weight excluding hydrogens is 208 g/mol. The van der Waals surface area contributed by atoms with Gasteiger partial charge in [0.2, 0.25) is 0 Å². The summed E-state index contributed by atoms with van der Waals surface area (Å²) < 4.78 is 9.78. The summed E-state index contributed by atoms with van der Waals surface area (Å²) >= 11 is 0. The van der Waals surface area contributed by atoms with Crippen molar-refractivity contribution >= 4 is 11.8 Å². The van der Waals surface area contributed by atoms with Crippen molar-refractivity contribution in [3.63, 3.8) is 0 Å². The predicted molar refractivity (Wildman–Crippen MR) is 58.7 cm³/mol. The summed E-state index contributed by atoms with van der Waals surface area (Å²) in [6.45, 7) is 1.49. The van der Waals surface area contributed by atoms with E-state index in [-0.39, 0.29) is 12.2 Å². The highest BCUT2D eigenvalue weighted by atomic mass is 16.5. The Kier molecular flexibility index (Phi) is 4.05. The van der Waals surface area contributed by atoms with Gasteiger partial charge in [-0.1, -0.05) is 12.1 Å². The molecule has 0 spiro atoms. The third-order valence-electron chi connectivity index (χ3n) is 2.15. The van der Waals surface area contributed by atoms with Gasteiger partial charge in [-0.3, -0.25) is 4.79 Å². The lowest BCUT2D eigenvalue weighted by Crippen LogP contribution is -2.07. The normalized spacial score (nSPS) is 9.69. The number of carbonyl (C=O) groups excluding carboxylic acids is 2. The molecule has 0 aromatic heterocycles. The molecule has 0 bridgehead atoms. The summed E-state index contributed by atoms with van der Waals surface area (Å²) in [6, 6.07) is 5.06. The number of ether oxygens (including phenoxy) is 2. The molecule has 1 aromatic carbocycles. The number of para-hydroxylation sites is 1. The monoisotopic (exact) mass is 222 g/mol. The third-order valence-corrected chi connectivity index (χ3v) is 2.15. The number of carbonyl (C=O) groups is 2. The Hall–Kier alpha value is -1.84. The Morgan fingerprint density at radius 3 is 2.44 bits per heavy atom. The van der Waals surface area contributed by atoms with E-state index >= 15 is 0 Å². The fraction of sp³-hybridized carbons (Fsp3) is 0.333. The highest BCUT2D eigenvalue weighted by molar-refractivity contribution is 5.93. The van der Waals surface area contributed by atoms with E-state index in [9.17, 15) is 9.59 Å². The highest BCUT2D eigenvalue weighted by Gasteiger charge is 2.16. The van der Waals surface area contributed by atoms with E-state index in [2.05, 4.69) is 4.74 Å². The molecule has 0 aliphatic rings. The molecule has 0 N–H and O–H groups in total.